The maximum Gasteiger partial charge on any atom is 0.248 e. The summed E-state index contributed by atoms with van der Waals surface area (Å²) in [5, 5.41) is 15.0. The number of oxazole rings is 1. The average molecular weight is 319 g/mol. The Balaban J connectivity index is 1.84. The Hall–Kier alpha value is -2.92. The van der Waals surface area contributed by atoms with Crippen molar-refractivity contribution in [2.24, 2.45) is 0 Å². The number of fused-ring (bicyclic) bond motifs is 1. The predicted molar refractivity (Wildman–Crippen MR) is 91.4 cm³/mol. The largest absolute Gasteiger partial charge is 0.437 e. The van der Waals surface area contributed by atoms with Gasteiger partial charge in [0.1, 0.15) is 6.61 Å². The van der Waals surface area contributed by atoms with Gasteiger partial charge in [-0.15, -0.1) is 0 Å². The lowest BCUT2D eigenvalue weighted by Gasteiger charge is -2.03. The van der Waals surface area contributed by atoms with Gasteiger partial charge < -0.3 is 9.52 Å². The normalized spacial score (nSPS) is 11.2. The van der Waals surface area contributed by atoms with E-state index in [1.807, 2.05) is 54.1 Å². The topological polar surface area (TPSA) is 64.1 Å². The standard InChI is InChI=1S/C19H17N3O2/c1-13-17(12-23)24-19(20-13)18-15-9-5-6-10-16(15)22(21-18)11-14-7-3-2-4-8-14/h2-10,23H,11-12H2,1H3. The molecule has 0 saturated carbocycles. The van der Waals surface area contributed by atoms with Crippen molar-refractivity contribution in [1.82, 2.24) is 14.8 Å². The van der Waals surface area contributed by atoms with E-state index < -0.39 is 0 Å². The van der Waals surface area contributed by atoms with Crippen LogP contribution in [0.2, 0.25) is 0 Å². The van der Waals surface area contributed by atoms with E-state index in [2.05, 4.69) is 17.1 Å². The van der Waals surface area contributed by atoms with E-state index in [1.165, 1.54) is 5.56 Å². The summed E-state index contributed by atoms with van der Waals surface area (Å²) in [5.74, 6) is 0.922. The fraction of sp³-hybridized carbons (Fsp3) is 0.158. The molecule has 0 amide bonds. The van der Waals surface area contributed by atoms with Crippen LogP contribution in [0.5, 0.6) is 0 Å². The lowest BCUT2D eigenvalue weighted by atomic mass is 10.2. The van der Waals surface area contributed by atoms with Gasteiger partial charge in [0.15, 0.2) is 11.5 Å². The van der Waals surface area contributed by atoms with E-state index in [0.29, 0.717) is 29.6 Å². The number of nitrogens with zero attached hydrogens (tertiary/aromatic N) is 3. The van der Waals surface area contributed by atoms with Crippen molar-refractivity contribution in [3.05, 3.63) is 71.6 Å². The van der Waals surface area contributed by atoms with Crippen molar-refractivity contribution in [3.63, 3.8) is 0 Å². The smallest absolute Gasteiger partial charge is 0.248 e. The van der Waals surface area contributed by atoms with Gasteiger partial charge in [0.25, 0.3) is 0 Å². The fourth-order valence-electron chi connectivity index (χ4n) is 2.84. The molecule has 5 nitrogen and oxygen atoms in total. The quantitative estimate of drug-likeness (QED) is 0.625. The van der Waals surface area contributed by atoms with Crippen molar-refractivity contribution in [2.45, 2.75) is 20.1 Å². The summed E-state index contributed by atoms with van der Waals surface area (Å²) >= 11 is 0. The molecule has 0 bridgehead atoms. The van der Waals surface area contributed by atoms with Crippen LogP contribution in [0, 0.1) is 6.92 Å². The summed E-state index contributed by atoms with van der Waals surface area (Å²) < 4.78 is 7.64. The molecule has 0 atom stereocenters. The molecule has 2 aromatic heterocycles. The molecule has 1 N–H and O–H groups in total. The molecule has 0 aliphatic rings. The highest BCUT2D eigenvalue weighted by Gasteiger charge is 2.18. The zero-order valence-corrected chi connectivity index (χ0v) is 13.3. The van der Waals surface area contributed by atoms with Crippen molar-refractivity contribution in [1.29, 1.82) is 0 Å². The van der Waals surface area contributed by atoms with Crippen LogP contribution in [0.4, 0.5) is 0 Å². The summed E-state index contributed by atoms with van der Waals surface area (Å²) in [4.78, 5) is 4.42. The number of para-hydroxylation sites is 1. The Morgan fingerprint density at radius 1 is 1.04 bits per heavy atom. The number of aryl methyl sites for hydroxylation is 1. The Morgan fingerprint density at radius 3 is 2.54 bits per heavy atom. The lowest BCUT2D eigenvalue weighted by molar-refractivity contribution is 0.247. The Morgan fingerprint density at radius 2 is 1.79 bits per heavy atom. The highest BCUT2D eigenvalue weighted by molar-refractivity contribution is 5.91. The molecule has 4 aromatic rings. The van der Waals surface area contributed by atoms with Gasteiger partial charge in [-0.1, -0.05) is 48.5 Å². The van der Waals surface area contributed by atoms with Gasteiger partial charge in [0.05, 0.1) is 17.8 Å². The van der Waals surface area contributed by atoms with Crippen LogP contribution in [-0.4, -0.2) is 19.9 Å². The molecule has 2 aromatic carbocycles. The first-order chi connectivity index (χ1) is 11.8. The van der Waals surface area contributed by atoms with Crippen LogP contribution in [0.25, 0.3) is 22.5 Å². The summed E-state index contributed by atoms with van der Waals surface area (Å²) in [6.07, 6.45) is 0. The maximum absolute atomic E-state index is 9.33. The van der Waals surface area contributed by atoms with E-state index >= 15 is 0 Å². The first-order valence-corrected chi connectivity index (χ1v) is 7.83. The molecule has 4 rings (SSSR count). The second-order valence-corrected chi connectivity index (χ2v) is 5.69. The van der Waals surface area contributed by atoms with Gasteiger partial charge in [0, 0.05) is 5.39 Å². The van der Waals surface area contributed by atoms with Crippen LogP contribution in [0.3, 0.4) is 0 Å². The average Bonchev–Trinajstić information content (AvgIpc) is 3.17. The molecule has 24 heavy (non-hydrogen) atoms. The molecule has 0 unspecified atom stereocenters. The van der Waals surface area contributed by atoms with Crippen molar-refractivity contribution in [3.8, 4) is 11.6 Å². The van der Waals surface area contributed by atoms with Crippen LogP contribution in [0.1, 0.15) is 17.0 Å². The number of aromatic nitrogens is 3. The Kier molecular flexibility index (Phi) is 3.63. The third kappa shape index (κ3) is 2.49. The SMILES string of the molecule is Cc1nc(-c2nn(Cc3ccccc3)c3ccccc23)oc1CO. The molecule has 0 saturated heterocycles. The van der Waals surface area contributed by atoms with Gasteiger partial charge >= 0.3 is 0 Å². The number of aliphatic hydroxyl groups is 1. The molecule has 0 aliphatic heterocycles. The minimum Gasteiger partial charge on any atom is -0.437 e. The van der Waals surface area contributed by atoms with E-state index in [-0.39, 0.29) is 6.61 Å². The number of benzene rings is 2. The Bertz CT molecular complexity index is 986. The summed E-state index contributed by atoms with van der Waals surface area (Å²) in [5.41, 5.74) is 3.59. The lowest BCUT2D eigenvalue weighted by Crippen LogP contribution is -2.01. The number of rotatable bonds is 4. The number of hydrogen-bond donors (Lipinski definition) is 1. The molecule has 0 aliphatic carbocycles. The molecule has 5 heteroatoms. The summed E-state index contributed by atoms with van der Waals surface area (Å²) in [6, 6.07) is 18.2. The van der Waals surface area contributed by atoms with Gasteiger partial charge in [0.2, 0.25) is 5.89 Å². The van der Waals surface area contributed by atoms with Crippen LogP contribution >= 0.6 is 0 Å². The summed E-state index contributed by atoms with van der Waals surface area (Å²) in [6.45, 7) is 2.33. The van der Waals surface area contributed by atoms with Gasteiger partial charge in [-0.25, -0.2) is 4.98 Å². The third-order valence-electron chi connectivity index (χ3n) is 4.07. The molecular weight excluding hydrogens is 302 g/mol. The van der Waals surface area contributed by atoms with Gasteiger partial charge in [-0.3, -0.25) is 4.68 Å². The second kappa shape index (κ2) is 5.94. The predicted octanol–water partition coefficient (Wildman–Crippen LogP) is 3.54. The first-order valence-electron chi connectivity index (χ1n) is 7.83. The zero-order valence-electron chi connectivity index (χ0n) is 13.3. The van der Waals surface area contributed by atoms with E-state index in [4.69, 9.17) is 9.52 Å². The van der Waals surface area contributed by atoms with Crippen molar-refractivity contribution >= 4 is 10.9 Å². The van der Waals surface area contributed by atoms with E-state index in [9.17, 15) is 5.11 Å². The van der Waals surface area contributed by atoms with Crippen LogP contribution in [0.15, 0.2) is 59.0 Å². The first kappa shape index (κ1) is 14.7. The second-order valence-electron chi connectivity index (χ2n) is 5.69. The molecule has 0 fully saturated rings. The molecule has 0 spiro atoms. The number of aliphatic hydroxyl groups excluding tert-OH is 1. The zero-order chi connectivity index (χ0) is 16.5. The highest BCUT2D eigenvalue weighted by atomic mass is 16.4. The fourth-order valence-corrected chi connectivity index (χ4v) is 2.84. The Labute approximate surface area is 139 Å². The van der Waals surface area contributed by atoms with Crippen LogP contribution < -0.4 is 0 Å². The van der Waals surface area contributed by atoms with Crippen LogP contribution in [-0.2, 0) is 13.2 Å². The number of hydrogen-bond acceptors (Lipinski definition) is 4. The summed E-state index contributed by atoms with van der Waals surface area (Å²) in [7, 11) is 0. The molecule has 120 valence electrons. The molecule has 0 radical (unpaired) electrons. The van der Waals surface area contributed by atoms with Crippen molar-refractivity contribution in [2.75, 3.05) is 0 Å². The molecule has 2 heterocycles. The minimum atomic E-state index is -0.165. The van der Waals surface area contributed by atoms with E-state index in [0.717, 1.165) is 10.9 Å². The van der Waals surface area contributed by atoms with Gasteiger partial charge in [-0.05, 0) is 18.6 Å². The highest BCUT2D eigenvalue weighted by Crippen LogP contribution is 2.29. The monoisotopic (exact) mass is 319 g/mol. The minimum absolute atomic E-state index is 0.165. The van der Waals surface area contributed by atoms with E-state index in [1.54, 1.807) is 0 Å². The van der Waals surface area contributed by atoms with Crippen molar-refractivity contribution < 1.29 is 9.52 Å². The maximum atomic E-state index is 9.33. The molecular formula is C19H17N3O2. The van der Waals surface area contributed by atoms with Gasteiger partial charge in [-0.2, -0.15) is 5.10 Å². The third-order valence-corrected chi connectivity index (χ3v) is 4.07.